The minimum atomic E-state index is -3.36. The standard InChI is InChI=1S/C15H24N2O2S/c1-12-6-8-13(9-7-12)11-17-14-4-3-5-15(10-14)20(18,19)16-2/h3-5,10,12-13,16-17H,6-9,11H2,1-2H3. The van der Waals surface area contributed by atoms with Crippen LogP contribution in [0, 0.1) is 11.8 Å². The second kappa shape index (κ2) is 6.59. The van der Waals surface area contributed by atoms with E-state index in [0.29, 0.717) is 10.8 Å². The second-order valence-corrected chi connectivity index (χ2v) is 7.63. The average Bonchev–Trinajstić information content (AvgIpc) is 2.47. The van der Waals surface area contributed by atoms with Crippen molar-refractivity contribution in [2.75, 3.05) is 18.9 Å². The lowest BCUT2D eigenvalue weighted by Crippen LogP contribution is -2.21. The van der Waals surface area contributed by atoms with Crippen LogP contribution in [-0.4, -0.2) is 22.0 Å². The Bertz CT molecular complexity index is 535. The predicted octanol–water partition coefficient (Wildman–Crippen LogP) is 2.83. The van der Waals surface area contributed by atoms with Gasteiger partial charge in [0.05, 0.1) is 4.90 Å². The maximum atomic E-state index is 11.8. The Labute approximate surface area is 122 Å². The summed E-state index contributed by atoms with van der Waals surface area (Å²) in [5.74, 6) is 1.56. The molecule has 20 heavy (non-hydrogen) atoms. The van der Waals surface area contributed by atoms with Gasteiger partial charge in [0, 0.05) is 12.2 Å². The van der Waals surface area contributed by atoms with Crippen LogP contribution in [0.1, 0.15) is 32.6 Å². The van der Waals surface area contributed by atoms with Crippen molar-refractivity contribution in [1.29, 1.82) is 0 Å². The van der Waals surface area contributed by atoms with E-state index in [1.165, 1.54) is 32.7 Å². The Morgan fingerprint density at radius 3 is 2.55 bits per heavy atom. The first kappa shape index (κ1) is 15.3. The van der Waals surface area contributed by atoms with Gasteiger partial charge in [-0.25, -0.2) is 13.1 Å². The fourth-order valence-corrected chi connectivity index (χ4v) is 3.46. The number of anilines is 1. The van der Waals surface area contributed by atoms with Crippen LogP contribution in [0.5, 0.6) is 0 Å². The van der Waals surface area contributed by atoms with Crippen molar-refractivity contribution in [1.82, 2.24) is 4.72 Å². The third-order valence-corrected chi connectivity index (χ3v) is 5.56. The van der Waals surface area contributed by atoms with Crippen molar-refractivity contribution in [2.45, 2.75) is 37.5 Å². The normalized spacial score (nSPS) is 23.5. The third-order valence-electron chi connectivity index (χ3n) is 4.14. The molecular formula is C15H24N2O2S. The summed E-state index contributed by atoms with van der Waals surface area (Å²) in [5.41, 5.74) is 0.875. The molecule has 0 aliphatic heterocycles. The van der Waals surface area contributed by atoms with Crippen molar-refractivity contribution in [3.05, 3.63) is 24.3 Å². The van der Waals surface area contributed by atoms with Gasteiger partial charge in [-0.3, -0.25) is 0 Å². The van der Waals surface area contributed by atoms with E-state index in [1.807, 2.05) is 6.07 Å². The average molecular weight is 296 g/mol. The van der Waals surface area contributed by atoms with Crippen LogP contribution < -0.4 is 10.0 Å². The number of benzene rings is 1. The van der Waals surface area contributed by atoms with Crippen molar-refractivity contribution in [2.24, 2.45) is 11.8 Å². The van der Waals surface area contributed by atoms with Gasteiger partial charge in [0.25, 0.3) is 0 Å². The predicted molar refractivity (Wildman–Crippen MR) is 82.3 cm³/mol. The first-order valence-corrected chi connectivity index (χ1v) is 8.77. The van der Waals surface area contributed by atoms with E-state index in [2.05, 4.69) is 17.0 Å². The van der Waals surface area contributed by atoms with Crippen LogP contribution in [0.15, 0.2) is 29.2 Å². The molecule has 0 unspecified atom stereocenters. The van der Waals surface area contributed by atoms with Gasteiger partial charge in [-0.05, 0) is 49.9 Å². The molecule has 1 aromatic rings. The summed E-state index contributed by atoms with van der Waals surface area (Å²) in [6.45, 7) is 3.24. The molecule has 1 fully saturated rings. The monoisotopic (exact) mass is 296 g/mol. The molecule has 0 aromatic heterocycles. The maximum Gasteiger partial charge on any atom is 0.240 e. The fraction of sp³-hybridized carbons (Fsp3) is 0.600. The molecule has 0 heterocycles. The molecule has 0 bridgehead atoms. The van der Waals surface area contributed by atoms with Gasteiger partial charge in [-0.2, -0.15) is 0 Å². The van der Waals surface area contributed by atoms with Gasteiger partial charge in [-0.15, -0.1) is 0 Å². The van der Waals surface area contributed by atoms with Crippen LogP contribution >= 0.6 is 0 Å². The molecule has 4 nitrogen and oxygen atoms in total. The largest absolute Gasteiger partial charge is 0.385 e. The van der Waals surface area contributed by atoms with Crippen LogP contribution in [0.3, 0.4) is 0 Å². The molecule has 1 saturated carbocycles. The Hall–Kier alpha value is -1.07. The summed E-state index contributed by atoms with van der Waals surface area (Å²) in [4.78, 5) is 0.308. The molecule has 0 saturated heterocycles. The quantitative estimate of drug-likeness (QED) is 0.878. The molecule has 0 spiro atoms. The van der Waals surface area contributed by atoms with Crippen molar-refractivity contribution >= 4 is 15.7 Å². The van der Waals surface area contributed by atoms with E-state index in [4.69, 9.17) is 0 Å². The second-order valence-electron chi connectivity index (χ2n) is 5.74. The maximum absolute atomic E-state index is 11.8. The van der Waals surface area contributed by atoms with Gasteiger partial charge in [0.2, 0.25) is 10.0 Å². The number of sulfonamides is 1. The van der Waals surface area contributed by atoms with E-state index >= 15 is 0 Å². The van der Waals surface area contributed by atoms with Crippen LogP contribution in [0.2, 0.25) is 0 Å². The van der Waals surface area contributed by atoms with Gasteiger partial charge in [0.15, 0.2) is 0 Å². The molecule has 2 rings (SSSR count). The van der Waals surface area contributed by atoms with Crippen LogP contribution in [0.25, 0.3) is 0 Å². The number of hydrogen-bond donors (Lipinski definition) is 2. The number of hydrogen-bond acceptors (Lipinski definition) is 3. The smallest absolute Gasteiger partial charge is 0.240 e. The zero-order valence-corrected chi connectivity index (χ0v) is 13.0. The van der Waals surface area contributed by atoms with Crippen molar-refractivity contribution in [3.63, 3.8) is 0 Å². The van der Waals surface area contributed by atoms with Crippen LogP contribution in [-0.2, 0) is 10.0 Å². The minimum absolute atomic E-state index is 0.308. The zero-order valence-electron chi connectivity index (χ0n) is 12.2. The molecule has 0 atom stereocenters. The summed E-state index contributed by atoms with van der Waals surface area (Å²) in [6.07, 6.45) is 5.15. The number of rotatable bonds is 5. The lowest BCUT2D eigenvalue weighted by atomic mass is 9.83. The first-order chi connectivity index (χ1) is 9.51. The van der Waals surface area contributed by atoms with E-state index in [0.717, 1.165) is 18.2 Å². The Balaban J connectivity index is 1.95. The van der Waals surface area contributed by atoms with Gasteiger partial charge >= 0.3 is 0 Å². The molecule has 5 heteroatoms. The topological polar surface area (TPSA) is 58.2 Å². The molecule has 1 aromatic carbocycles. The lowest BCUT2D eigenvalue weighted by Gasteiger charge is -2.26. The minimum Gasteiger partial charge on any atom is -0.385 e. The summed E-state index contributed by atoms with van der Waals surface area (Å²) in [6, 6.07) is 6.99. The number of nitrogens with one attached hydrogen (secondary N) is 2. The van der Waals surface area contributed by atoms with E-state index in [1.54, 1.807) is 18.2 Å². The molecule has 2 N–H and O–H groups in total. The highest BCUT2D eigenvalue weighted by molar-refractivity contribution is 7.89. The highest BCUT2D eigenvalue weighted by Crippen LogP contribution is 2.28. The lowest BCUT2D eigenvalue weighted by molar-refractivity contribution is 0.300. The van der Waals surface area contributed by atoms with Gasteiger partial charge in [0.1, 0.15) is 0 Å². The molecule has 1 aliphatic carbocycles. The Morgan fingerprint density at radius 2 is 1.90 bits per heavy atom. The van der Waals surface area contributed by atoms with Crippen molar-refractivity contribution < 1.29 is 8.42 Å². The van der Waals surface area contributed by atoms with E-state index in [-0.39, 0.29) is 0 Å². The molecule has 0 amide bonds. The summed E-state index contributed by atoms with van der Waals surface area (Å²) in [7, 11) is -1.93. The highest BCUT2D eigenvalue weighted by Gasteiger charge is 2.18. The Morgan fingerprint density at radius 1 is 1.20 bits per heavy atom. The summed E-state index contributed by atoms with van der Waals surface area (Å²) < 4.78 is 25.9. The van der Waals surface area contributed by atoms with E-state index < -0.39 is 10.0 Å². The summed E-state index contributed by atoms with van der Waals surface area (Å²) >= 11 is 0. The highest BCUT2D eigenvalue weighted by atomic mass is 32.2. The molecule has 112 valence electrons. The molecule has 0 radical (unpaired) electrons. The Kier molecular flexibility index (Phi) is 5.05. The first-order valence-electron chi connectivity index (χ1n) is 7.29. The van der Waals surface area contributed by atoms with Crippen LogP contribution in [0.4, 0.5) is 5.69 Å². The van der Waals surface area contributed by atoms with Gasteiger partial charge < -0.3 is 5.32 Å². The molecule has 1 aliphatic rings. The SMILES string of the molecule is CNS(=O)(=O)c1cccc(NCC2CCC(C)CC2)c1. The third kappa shape index (κ3) is 3.96. The molecular weight excluding hydrogens is 272 g/mol. The van der Waals surface area contributed by atoms with Crippen molar-refractivity contribution in [3.8, 4) is 0 Å². The van der Waals surface area contributed by atoms with Gasteiger partial charge in [-0.1, -0.05) is 25.8 Å². The van der Waals surface area contributed by atoms with E-state index in [9.17, 15) is 8.42 Å². The zero-order chi connectivity index (χ0) is 14.6. The summed E-state index contributed by atoms with van der Waals surface area (Å²) in [5, 5.41) is 3.37. The fourth-order valence-electron chi connectivity index (χ4n) is 2.69.